The first-order valence-corrected chi connectivity index (χ1v) is 7.19. The van der Waals surface area contributed by atoms with E-state index in [1.165, 1.54) is 38.5 Å². The van der Waals surface area contributed by atoms with Gasteiger partial charge in [0.25, 0.3) is 0 Å². The number of aromatic nitrogens is 2. The van der Waals surface area contributed by atoms with E-state index in [0.29, 0.717) is 6.04 Å². The van der Waals surface area contributed by atoms with E-state index in [1.807, 2.05) is 6.92 Å². The molecule has 2 aliphatic rings. The van der Waals surface area contributed by atoms with E-state index in [4.69, 9.17) is 0 Å². The number of hydrogen-bond acceptors (Lipinski definition) is 4. The van der Waals surface area contributed by atoms with Crippen LogP contribution >= 0.6 is 11.3 Å². The van der Waals surface area contributed by atoms with Gasteiger partial charge in [0.1, 0.15) is 5.01 Å². The summed E-state index contributed by atoms with van der Waals surface area (Å²) in [5.41, 5.74) is 0. The summed E-state index contributed by atoms with van der Waals surface area (Å²) < 4.78 is 0. The lowest BCUT2D eigenvalue weighted by Gasteiger charge is -2.29. The predicted molar refractivity (Wildman–Crippen MR) is 66.7 cm³/mol. The van der Waals surface area contributed by atoms with Crippen molar-refractivity contribution in [2.75, 3.05) is 5.32 Å². The van der Waals surface area contributed by atoms with Crippen LogP contribution in [0, 0.1) is 18.8 Å². The molecule has 1 N–H and O–H groups in total. The number of aryl methyl sites for hydroxylation is 1. The molecule has 0 spiro atoms. The second-order valence-electron chi connectivity index (χ2n) is 5.23. The fourth-order valence-electron chi connectivity index (χ4n) is 2.88. The number of nitrogens with one attached hydrogen (secondary N) is 1. The fourth-order valence-corrected chi connectivity index (χ4v) is 3.55. The molecule has 1 aromatic rings. The zero-order valence-electron chi connectivity index (χ0n) is 9.78. The van der Waals surface area contributed by atoms with E-state index in [-0.39, 0.29) is 0 Å². The zero-order valence-corrected chi connectivity index (χ0v) is 10.6. The molecule has 0 bridgehead atoms. The Morgan fingerprint density at radius 2 is 2.00 bits per heavy atom. The summed E-state index contributed by atoms with van der Waals surface area (Å²) in [6.07, 6.45) is 8.46. The molecule has 0 aromatic carbocycles. The van der Waals surface area contributed by atoms with Gasteiger partial charge in [-0.3, -0.25) is 0 Å². The molecule has 0 saturated heterocycles. The third kappa shape index (κ3) is 2.37. The lowest BCUT2D eigenvalue weighted by atomic mass is 9.83. The molecular weight excluding hydrogens is 218 g/mol. The second kappa shape index (κ2) is 4.32. The molecule has 2 aliphatic carbocycles. The topological polar surface area (TPSA) is 37.8 Å². The van der Waals surface area contributed by atoms with Crippen molar-refractivity contribution in [3.05, 3.63) is 5.01 Å². The van der Waals surface area contributed by atoms with E-state index >= 15 is 0 Å². The number of hydrogen-bond donors (Lipinski definition) is 1. The first-order chi connectivity index (χ1) is 7.81. The van der Waals surface area contributed by atoms with Gasteiger partial charge in [-0.15, -0.1) is 10.2 Å². The van der Waals surface area contributed by atoms with Gasteiger partial charge in [-0.2, -0.15) is 0 Å². The molecule has 0 radical (unpaired) electrons. The molecule has 88 valence electrons. The van der Waals surface area contributed by atoms with Crippen LogP contribution in [-0.4, -0.2) is 16.2 Å². The Kier molecular flexibility index (Phi) is 2.84. The van der Waals surface area contributed by atoms with Crippen LogP contribution in [0.5, 0.6) is 0 Å². The fraction of sp³-hybridized carbons (Fsp3) is 0.833. The summed E-state index contributed by atoms with van der Waals surface area (Å²) in [6, 6.07) is 0.645. The van der Waals surface area contributed by atoms with Gasteiger partial charge in [0, 0.05) is 6.04 Å². The molecule has 2 fully saturated rings. The number of nitrogens with zero attached hydrogens (tertiary/aromatic N) is 2. The number of rotatable bonds is 3. The standard InChI is InChI=1S/C12H19N3S/c1-8-14-15-12(16-8)13-11-4-2-3-10(7-11)9-5-6-9/h9-11H,2-7H2,1H3,(H,13,15). The largest absolute Gasteiger partial charge is 0.357 e. The minimum Gasteiger partial charge on any atom is -0.357 e. The van der Waals surface area contributed by atoms with E-state index in [0.717, 1.165) is 22.0 Å². The van der Waals surface area contributed by atoms with Gasteiger partial charge in [0.2, 0.25) is 5.13 Å². The lowest BCUT2D eigenvalue weighted by Crippen LogP contribution is -2.28. The highest BCUT2D eigenvalue weighted by molar-refractivity contribution is 7.15. The normalized spacial score (nSPS) is 30.3. The minimum absolute atomic E-state index is 0.645. The van der Waals surface area contributed by atoms with Gasteiger partial charge in [-0.1, -0.05) is 24.2 Å². The Labute approximate surface area is 101 Å². The summed E-state index contributed by atoms with van der Waals surface area (Å²) >= 11 is 1.67. The molecule has 0 aliphatic heterocycles. The van der Waals surface area contributed by atoms with Crippen molar-refractivity contribution in [1.29, 1.82) is 0 Å². The van der Waals surface area contributed by atoms with Crippen molar-refractivity contribution in [3.8, 4) is 0 Å². The molecule has 16 heavy (non-hydrogen) atoms. The molecule has 3 nitrogen and oxygen atoms in total. The maximum Gasteiger partial charge on any atom is 0.205 e. The average molecular weight is 237 g/mol. The van der Waals surface area contributed by atoms with Gasteiger partial charge in [0.15, 0.2) is 0 Å². The van der Waals surface area contributed by atoms with Crippen molar-refractivity contribution < 1.29 is 0 Å². The monoisotopic (exact) mass is 237 g/mol. The molecule has 2 saturated carbocycles. The highest BCUT2D eigenvalue weighted by Crippen LogP contribution is 2.44. The van der Waals surface area contributed by atoms with E-state index in [2.05, 4.69) is 15.5 Å². The molecule has 2 atom stereocenters. The summed E-state index contributed by atoms with van der Waals surface area (Å²) in [5, 5.41) is 13.8. The van der Waals surface area contributed by atoms with Gasteiger partial charge in [-0.25, -0.2) is 0 Å². The molecule has 1 heterocycles. The Morgan fingerprint density at radius 1 is 1.12 bits per heavy atom. The quantitative estimate of drug-likeness (QED) is 0.877. The third-order valence-electron chi connectivity index (χ3n) is 3.86. The van der Waals surface area contributed by atoms with Gasteiger partial charge >= 0.3 is 0 Å². The van der Waals surface area contributed by atoms with Gasteiger partial charge in [0.05, 0.1) is 0 Å². The van der Waals surface area contributed by atoms with Crippen molar-refractivity contribution in [2.24, 2.45) is 11.8 Å². The second-order valence-corrected chi connectivity index (χ2v) is 6.41. The lowest BCUT2D eigenvalue weighted by molar-refractivity contribution is 0.303. The van der Waals surface area contributed by atoms with E-state index in [1.54, 1.807) is 11.3 Å². The highest BCUT2D eigenvalue weighted by Gasteiger charge is 2.34. The molecule has 2 unspecified atom stereocenters. The van der Waals surface area contributed by atoms with E-state index in [9.17, 15) is 0 Å². The van der Waals surface area contributed by atoms with Crippen LogP contribution in [0.1, 0.15) is 43.5 Å². The van der Waals surface area contributed by atoms with E-state index < -0.39 is 0 Å². The molecule has 0 amide bonds. The van der Waals surface area contributed by atoms with Crippen molar-refractivity contribution in [2.45, 2.75) is 51.5 Å². The van der Waals surface area contributed by atoms with Crippen molar-refractivity contribution in [1.82, 2.24) is 10.2 Å². The van der Waals surface area contributed by atoms with Crippen LogP contribution in [0.3, 0.4) is 0 Å². The summed E-state index contributed by atoms with van der Waals surface area (Å²) in [7, 11) is 0. The van der Waals surface area contributed by atoms with Crippen LogP contribution in [0.4, 0.5) is 5.13 Å². The third-order valence-corrected chi connectivity index (χ3v) is 4.63. The average Bonchev–Trinajstić information content (AvgIpc) is 3.05. The SMILES string of the molecule is Cc1nnc(NC2CCCC(C3CC3)C2)s1. The van der Waals surface area contributed by atoms with Gasteiger partial charge < -0.3 is 5.32 Å². The zero-order chi connectivity index (χ0) is 11.0. The highest BCUT2D eigenvalue weighted by atomic mass is 32.1. The number of anilines is 1. The van der Waals surface area contributed by atoms with Crippen LogP contribution in [-0.2, 0) is 0 Å². The maximum absolute atomic E-state index is 4.15. The Balaban J connectivity index is 1.57. The first-order valence-electron chi connectivity index (χ1n) is 6.38. The molecule has 4 heteroatoms. The van der Waals surface area contributed by atoms with Crippen LogP contribution < -0.4 is 5.32 Å². The summed E-state index contributed by atoms with van der Waals surface area (Å²) in [4.78, 5) is 0. The predicted octanol–water partition coefficient (Wildman–Crippen LogP) is 3.23. The molecule has 3 rings (SSSR count). The Morgan fingerprint density at radius 3 is 2.69 bits per heavy atom. The summed E-state index contributed by atoms with van der Waals surface area (Å²) in [5.74, 6) is 2.04. The minimum atomic E-state index is 0.645. The first kappa shape index (κ1) is 10.5. The van der Waals surface area contributed by atoms with Crippen LogP contribution in [0.25, 0.3) is 0 Å². The Bertz CT molecular complexity index is 359. The smallest absolute Gasteiger partial charge is 0.205 e. The Hall–Kier alpha value is -0.640. The summed E-state index contributed by atoms with van der Waals surface area (Å²) in [6.45, 7) is 2.01. The van der Waals surface area contributed by atoms with Gasteiger partial charge in [-0.05, 0) is 44.4 Å². The maximum atomic E-state index is 4.15. The van der Waals surface area contributed by atoms with Crippen molar-refractivity contribution in [3.63, 3.8) is 0 Å². The van der Waals surface area contributed by atoms with Crippen molar-refractivity contribution >= 4 is 16.5 Å². The van der Waals surface area contributed by atoms with Crippen LogP contribution in [0.2, 0.25) is 0 Å². The molecular formula is C12H19N3S. The molecule has 1 aromatic heterocycles. The van der Waals surface area contributed by atoms with Crippen LogP contribution in [0.15, 0.2) is 0 Å².